The number of cyclic esters (lactones) is 1. The van der Waals surface area contributed by atoms with Gasteiger partial charge in [0.2, 0.25) is 5.91 Å². The van der Waals surface area contributed by atoms with Gasteiger partial charge in [0.05, 0.1) is 42.0 Å². The van der Waals surface area contributed by atoms with Crippen LogP contribution in [-0.2, 0) is 44.8 Å². The Labute approximate surface area is 359 Å². The predicted molar refractivity (Wildman–Crippen MR) is 225 cm³/mol. The number of ether oxygens (including phenoxy) is 4. The van der Waals surface area contributed by atoms with Crippen LogP contribution in [0.1, 0.15) is 86.8 Å². The van der Waals surface area contributed by atoms with Crippen molar-refractivity contribution in [1.82, 2.24) is 15.0 Å². The van der Waals surface area contributed by atoms with Crippen LogP contribution in [0.4, 0.5) is 0 Å². The quantitative estimate of drug-likeness (QED) is 0.121. The zero-order valence-electron chi connectivity index (χ0n) is 35.7. The minimum Gasteiger partial charge on any atom is -0.448 e. The van der Waals surface area contributed by atoms with E-state index in [0.29, 0.717) is 35.7 Å². The number of ketones is 1. The second-order valence-electron chi connectivity index (χ2n) is 17.1. The number of amides is 1. The van der Waals surface area contributed by atoms with Gasteiger partial charge in [-0.3, -0.25) is 19.4 Å². The molecule has 2 N–H and O–H groups in total. The number of halogens is 1. The minimum atomic E-state index is -1.66. The van der Waals surface area contributed by atoms with Crippen molar-refractivity contribution in [3.63, 3.8) is 0 Å². The summed E-state index contributed by atoms with van der Waals surface area (Å²) in [4.78, 5) is 57.8. The lowest BCUT2D eigenvalue weighted by Crippen LogP contribution is -2.59. The third kappa shape index (κ3) is 11.0. The smallest absolute Gasteiger partial charge is 0.317 e. The highest BCUT2D eigenvalue weighted by atomic mass is 127. The third-order valence-corrected chi connectivity index (χ3v) is 13.6. The monoisotopic (exact) mass is 937 g/mol. The standard InChI is InChI=1S/C42H60IN5O11/c1-22-18-41(7)37(57-39-36(51)32(48(9)10)17-23(2)56-39)25(4)35(50)26(5)38(52)58-40(43)42(8,53)31(24(3)34(22)46-27(6)49)14-13-30(20-54-41)47-55-21-29-12-11-28(19-44-29)33-15-16-45-59-33/h11-12,15-16,19,22-26,31-32,36-37,39-40,51,53H,13-14,17-18,20-21H2,1-10H3/b46-34?,47-30+/t22-,23-,24-,25+,26-,31-,32+,36-,37-,39+,40+,41-,42+/m1/s1. The Balaban J connectivity index is 1.62. The molecule has 1 amide bonds. The van der Waals surface area contributed by atoms with Gasteiger partial charge in [-0.15, -0.1) is 0 Å². The molecular formula is C42H60IN5O11. The number of Topliss-reactive ketones (excluding diaryl/α,β-unsaturated/α-hetero) is 1. The number of rotatable bonds is 7. The Morgan fingerprint density at radius 3 is 2.46 bits per heavy atom. The molecule has 16 nitrogen and oxygen atoms in total. The van der Waals surface area contributed by atoms with Crippen LogP contribution in [0.2, 0.25) is 0 Å². The van der Waals surface area contributed by atoms with Crippen molar-refractivity contribution < 1.29 is 52.9 Å². The van der Waals surface area contributed by atoms with Gasteiger partial charge in [0, 0.05) is 48.3 Å². The molecule has 3 aliphatic heterocycles. The summed E-state index contributed by atoms with van der Waals surface area (Å²) < 4.78 is 30.0. The van der Waals surface area contributed by atoms with Crippen LogP contribution >= 0.6 is 22.6 Å². The molecule has 0 unspecified atom stereocenters. The van der Waals surface area contributed by atoms with Crippen molar-refractivity contribution in [2.75, 3.05) is 20.7 Å². The molecule has 2 aromatic rings. The number of fused-ring (bicyclic) bond motifs is 5. The molecule has 0 radical (unpaired) electrons. The first kappa shape index (κ1) is 46.9. The fraction of sp³-hybridized carbons (Fsp3) is 0.690. The van der Waals surface area contributed by atoms with Crippen LogP contribution in [0, 0.1) is 29.6 Å². The van der Waals surface area contributed by atoms with E-state index in [0.717, 1.165) is 5.56 Å². The van der Waals surface area contributed by atoms with E-state index in [-0.39, 0.29) is 38.2 Å². The van der Waals surface area contributed by atoms with Crippen LogP contribution in [0.25, 0.3) is 11.3 Å². The van der Waals surface area contributed by atoms with Crippen molar-refractivity contribution in [3.05, 3.63) is 36.3 Å². The molecule has 0 aromatic carbocycles. The summed E-state index contributed by atoms with van der Waals surface area (Å²) in [5.74, 6) is -4.97. The first-order chi connectivity index (χ1) is 27.7. The molecule has 5 heterocycles. The summed E-state index contributed by atoms with van der Waals surface area (Å²) in [7, 11) is 3.74. The number of oxime groups is 1. The summed E-state index contributed by atoms with van der Waals surface area (Å²) in [6.45, 7) is 13.6. The average Bonchev–Trinajstić information content (AvgIpc) is 3.72. The number of hydrogen-bond donors (Lipinski definition) is 2. The van der Waals surface area contributed by atoms with E-state index < -0.39 is 81.1 Å². The molecule has 3 saturated heterocycles. The van der Waals surface area contributed by atoms with Gasteiger partial charge in [0.15, 0.2) is 28.6 Å². The molecule has 0 aliphatic carbocycles. The number of aliphatic imine (C=N–C) groups is 1. The molecule has 0 saturated carbocycles. The third-order valence-electron chi connectivity index (χ3n) is 12.1. The molecule has 59 heavy (non-hydrogen) atoms. The lowest BCUT2D eigenvalue weighted by Gasteiger charge is -2.47. The highest BCUT2D eigenvalue weighted by Gasteiger charge is 2.52. The molecule has 2 bridgehead atoms. The Hall–Kier alpha value is -3.20. The average molecular weight is 938 g/mol. The number of carbonyl (C=O) groups is 3. The number of carbonyl (C=O) groups excluding carboxylic acids is 3. The number of aliphatic hydroxyl groups excluding tert-OH is 1. The van der Waals surface area contributed by atoms with Gasteiger partial charge in [0.1, 0.15) is 17.6 Å². The Morgan fingerprint density at radius 2 is 1.83 bits per heavy atom. The second kappa shape index (κ2) is 19.7. The largest absolute Gasteiger partial charge is 0.448 e. The number of esters is 1. The Bertz CT molecular complexity index is 1820. The molecule has 13 atom stereocenters. The van der Waals surface area contributed by atoms with E-state index in [1.54, 1.807) is 38.4 Å². The maximum Gasteiger partial charge on any atom is 0.317 e. The maximum atomic E-state index is 14.4. The van der Waals surface area contributed by atoms with Gasteiger partial charge in [0.25, 0.3) is 0 Å². The molecule has 3 aliphatic rings. The van der Waals surface area contributed by atoms with Gasteiger partial charge >= 0.3 is 5.97 Å². The highest BCUT2D eigenvalue weighted by molar-refractivity contribution is 14.1. The van der Waals surface area contributed by atoms with Crippen molar-refractivity contribution in [2.24, 2.45) is 39.7 Å². The second-order valence-corrected chi connectivity index (χ2v) is 18.2. The van der Waals surface area contributed by atoms with E-state index in [1.165, 1.54) is 13.8 Å². The Morgan fingerprint density at radius 1 is 1.10 bits per heavy atom. The normalized spacial score (nSPS) is 38.0. The molecule has 3 fully saturated rings. The summed E-state index contributed by atoms with van der Waals surface area (Å²) in [6.07, 6.45) is 0.847. The zero-order valence-corrected chi connectivity index (χ0v) is 37.8. The summed E-state index contributed by atoms with van der Waals surface area (Å²) >= 11 is 1.89. The molecule has 326 valence electrons. The summed E-state index contributed by atoms with van der Waals surface area (Å²) in [5.41, 5.74) is -0.660. The topological polar surface area (TPSA) is 205 Å². The van der Waals surface area contributed by atoms with Crippen molar-refractivity contribution in [2.45, 2.75) is 134 Å². The summed E-state index contributed by atoms with van der Waals surface area (Å²) in [5, 5.41) is 32.3. The predicted octanol–water partition coefficient (Wildman–Crippen LogP) is 5.17. The number of hydrogen-bond acceptors (Lipinski definition) is 15. The SMILES string of the molecule is CC(=O)N=C1[C@H](C)C[C@@]2(C)OC/C(=N/OCc3ccc(-c4ccno4)cn3)CC[C@H]([C@H]1C)[C@](C)(O)[C@@H](I)OC(=O)[C@H](C)C(=O)[C@H](C)[C@H]2O[C@@H]1O[C@H](C)C[C@H](N(C)C)[C@H]1O. The highest BCUT2D eigenvalue weighted by Crippen LogP contribution is 2.43. The van der Waals surface area contributed by atoms with Crippen LogP contribution in [0.15, 0.2) is 45.3 Å². The Kier molecular flexibility index (Phi) is 15.6. The molecule has 0 spiro atoms. The van der Waals surface area contributed by atoms with E-state index in [4.69, 9.17) is 28.3 Å². The fourth-order valence-corrected chi connectivity index (χ4v) is 9.44. The lowest BCUT2D eigenvalue weighted by atomic mass is 9.70. The van der Waals surface area contributed by atoms with Crippen LogP contribution < -0.4 is 0 Å². The van der Waals surface area contributed by atoms with Gasteiger partial charge in [-0.05, 0) is 114 Å². The number of aliphatic hydroxyl groups is 2. The maximum absolute atomic E-state index is 14.4. The van der Waals surface area contributed by atoms with E-state index in [9.17, 15) is 24.6 Å². The van der Waals surface area contributed by atoms with E-state index >= 15 is 0 Å². The number of aromatic nitrogens is 2. The molecule has 2 aromatic heterocycles. The van der Waals surface area contributed by atoms with E-state index in [2.05, 4.69) is 20.3 Å². The minimum absolute atomic E-state index is 0.0323. The van der Waals surface area contributed by atoms with Gasteiger partial charge in [-0.2, -0.15) is 0 Å². The van der Waals surface area contributed by atoms with Crippen LogP contribution in [0.3, 0.4) is 0 Å². The zero-order chi connectivity index (χ0) is 43.4. The van der Waals surface area contributed by atoms with Crippen LogP contribution in [0.5, 0.6) is 0 Å². The van der Waals surface area contributed by atoms with Gasteiger partial charge in [-0.1, -0.05) is 31.1 Å². The number of likely N-dealkylation sites (N-methyl/N-ethyl adjacent to an activating group) is 1. The van der Waals surface area contributed by atoms with Crippen LogP contribution in [-0.4, -0.2) is 121 Å². The van der Waals surface area contributed by atoms with Gasteiger partial charge in [-0.25, -0.2) is 4.99 Å². The van der Waals surface area contributed by atoms with Crippen molar-refractivity contribution in [3.8, 4) is 11.3 Å². The van der Waals surface area contributed by atoms with Crippen molar-refractivity contribution in [1.29, 1.82) is 0 Å². The van der Waals surface area contributed by atoms with E-state index in [1.807, 2.05) is 75.3 Å². The first-order valence-electron chi connectivity index (χ1n) is 20.3. The molecular weight excluding hydrogens is 877 g/mol. The number of pyridine rings is 1. The molecule has 17 heteroatoms. The first-order valence-corrected chi connectivity index (χ1v) is 21.5. The fourth-order valence-electron chi connectivity index (χ4n) is 8.73. The number of nitrogens with zero attached hydrogens (tertiary/aromatic N) is 5. The van der Waals surface area contributed by atoms with Gasteiger partial charge < -0.3 is 43.4 Å². The molecule has 5 rings (SSSR count). The van der Waals surface area contributed by atoms with Crippen molar-refractivity contribution >= 4 is 51.7 Å². The lowest BCUT2D eigenvalue weighted by molar-refractivity contribution is -0.296. The summed E-state index contributed by atoms with van der Waals surface area (Å²) in [6, 6.07) is 5.06. The number of alkyl halides is 1.